The van der Waals surface area contributed by atoms with E-state index in [1.807, 2.05) is 0 Å². The fourth-order valence-electron chi connectivity index (χ4n) is 1.70. The summed E-state index contributed by atoms with van der Waals surface area (Å²) < 4.78 is 0. The summed E-state index contributed by atoms with van der Waals surface area (Å²) in [5.41, 5.74) is 4.31. The first-order valence-electron chi connectivity index (χ1n) is 5.93. The third-order valence-corrected chi connectivity index (χ3v) is 3.53. The number of nitrogens with zero attached hydrogens (tertiary/aromatic N) is 1. The van der Waals surface area contributed by atoms with Crippen LogP contribution in [0.25, 0.3) is 0 Å². The smallest absolute Gasteiger partial charge is 0.0411 e. The van der Waals surface area contributed by atoms with E-state index in [2.05, 4.69) is 63.5 Å². The number of likely N-dealkylation sites (N-methyl/N-ethyl adjacent to an activating group) is 1. The second-order valence-electron chi connectivity index (χ2n) is 4.81. The predicted octanol–water partition coefficient (Wildman–Crippen LogP) is 3.48. The van der Waals surface area contributed by atoms with Crippen molar-refractivity contribution in [2.24, 2.45) is 0 Å². The Morgan fingerprint density at radius 2 is 2.00 bits per heavy atom. The van der Waals surface area contributed by atoms with Gasteiger partial charge in [0.15, 0.2) is 0 Å². The summed E-state index contributed by atoms with van der Waals surface area (Å²) in [6.07, 6.45) is 1.11. The van der Waals surface area contributed by atoms with Gasteiger partial charge in [0.25, 0.3) is 0 Å². The van der Waals surface area contributed by atoms with Crippen LogP contribution in [0.3, 0.4) is 0 Å². The first kappa shape index (κ1) is 13.6. The monoisotopic (exact) mass is 237 g/mol. The molecule has 0 spiro atoms. The lowest BCUT2D eigenvalue weighted by molar-refractivity contribution is 0.398. The molecule has 0 aliphatic heterocycles. The molecule has 0 atom stereocenters. The number of hydrogen-bond donors (Lipinski definition) is 1. The highest BCUT2D eigenvalue weighted by Crippen LogP contribution is 2.19. The molecule has 0 unspecified atom stereocenters. The number of hydrogen-bond acceptors (Lipinski definition) is 2. The van der Waals surface area contributed by atoms with Crippen LogP contribution in [0.4, 0.5) is 0 Å². The molecule has 0 aliphatic carbocycles. The molecular weight excluding hydrogens is 214 g/mol. The van der Waals surface area contributed by atoms with Gasteiger partial charge >= 0.3 is 0 Å². The van der Waals surface area contributed by atoms with Gasteiger partial charge in [-0.3, -0.25) is 4.90 Å². The fraction of sp³-hybridized carbons (Fsp3) is 0.571. The zero-order chi connectivity index (χ0) is 12.1. The van der Waals surface area contributed by atoms with Crippen LogP contribution in [-0.2, 0) is 6.42 Å². The van der Waals surface area contributed by atoms with Crippen LogP contribution in [0.5, 0.6) is 0 Å². The van der Waals surface area contributed by atoms with E-state index in [-0.39, 0.29) is 0 Å². The minimum Gasteiger partial charge on any atom is -0.297 e. The lowest BCUT2D eigenvalue weighted by Gasteiger charge is -2.15. The summed E-state index contributed by atoms with van der Waals surface area (Å²) in [5.74, 6) is 1.44. The van der Waals surface area contributed by atoms with Gasteiger partial charge in [-0.05, 0) is 43.0 Å². The van der Waals surface area contributed by atoms with Crippen molar-refractivity contribution in [2.45, 2.75) is 33.1 Å². The van der Waals surface area contributed by atoms with Gasteiger partial charge in [-0.15, -0.1) is 0 Å². The maximum atomic E-state index is 4.27. The largest absolute Gasteiger partial charge is 0.297 e. The first-order valence-corrected chi connectivity index (χ1v) is 6.56. The summed E-state index contributed by atoms with van der Waals surface area (Å²) in [4.78, 5) is 2.23. The topological polar surface area (TPSA) is 3.24 Å². The Bertz CT molecular complexity index is 334. The molecule has 0 fully saturated rings. The summed E-state index contributed by atoms with van der Waals surface area (Å²) in [6, 6.07) is 6.84. The molecule has 0 aliphatic rings. The molecule has 2 heteroatoms. The number of aryl methyl sites for hydroxylation is 1. The second kappa shape index (κ2) is 6.31. The lowest BCUT2D eigenvalue weighted by atomic mass is 9.96. The van der Waals surface area contributed by atoms with Crippen LogP contribution in [0.15, 0.2) is 18.2 Å². The Hall–Kier alpha value is -0.470. The normalized spacial score (nSPS) is 11.4. The molecule has 1 nitrogen and oxygen atoms in total. The van der Waals surface area contributed by atoms with Crippen molar-refractivity contribution in [1.82, 2.24) is 4.90 Å². The summed E-state index contributed by atoms with van der Waals surface area (Å²) >= 11 is 4.27. The minimum atomic E-state index is 0.613. The van der Waals surface area contributed by atoms with Crippen molar-refractivity contribution >= 4 is 12.6 Å². The van der Waals surface area contributed by atoms with Crippen LogP contribution in [0.2, 0.25) is 0 Å². The fourth-order valence-corrected chi connectivity index (χ4v) is 1.84. The predicted molar refractivity (Wildman–Crippen MR) is 75.5 cm³/mol. The highest BCUT2D eigenvalue weighted by Gasteiger charge is 2.04. The van der Waals surface area contributed by atoms with E-state index in [1.54, 1.807) is 0 Å². The van der Waals surface area contributed by atoms with Crippen LogP contribution >= 0.6 is 12.6 Å². The molecule has 0 aromatic heterocycles. The van der Waals surface area contributed by atoms with Crippen molar-refractivity contribution in [3.8, 4) is 0 Å². The second-order valence-corrected chi connectivity index (χ2v) is 5.09. The molecule has 0 saturated heterocycles. The Balaban J connectivity index is 2.74. The van der Waals surface area contributed by atoms with Crippen LogP contribution in [0, 0.1) is 6.92 Å². The van der Waals surface area contributed by atoms with Crippen molar-refractivity contribution in [3.05, 3.63) is 34.9 Å². The zero-order valence-electron chi connectivity index (χ0n) is 10.8. The third-order valence-electron chi connectivity index (χ3n) is 3.04. The summed E-state index contributed by atoms with van der Waals surface area (Å²) in [7, 11) is 2.11. The molecule has 16 heavy (non-hydrogen) atoms. The summed E-state index contributed by atoms with van der Waals surface area (Å²) in [5, 5.41) is 0. The standard InChI is InChI=1S/C14H23NS/c1-11(2)13-6-5-12(3)14(9-13)7-8-15(4)10-16/h5-6,9,11,16H,7-8,10H2,1-4H3. The van der Waals surface area contributed by atoms with Gasteiger partial charge in [-0.25, -0.2) is 0 Å². The van der Waals surface area contributed by atoms with Crippen molar-refractivity contribution in [1.29, 1.82) is 0 Å². The van der Waals surface area contributed by atoms with Gasteiger partial charge < -0.3 is 0 Å². The van der Waals surface area contributed by atoms with Gasteiger partial charge in [0.1, 0.15) is 0 Å². The molecule has 0 N–H and O–H groups in total. The Morgan fingerprint density at radius 3 is 2.56 bits per heavy atom. The minimum absolute atomic E-state index is 0.613. The molecule has 0 radical (unpaired) electrons. The average Bonchev–Trinajstić information content (AvgIpc) is 2.27. The highest BCUT2D eigenvalue weighted by atomic mass is 32.1. The molecule has 1 rings (SSSR count). The van der Waals surface area contributed by atoms with Crippen molar-refractivity contribution < 1.29 is 0 Å². The van der Waals surface area contributed by atoms with E-state index >= 15 is 0 Å². The number of thiol groups is 1. The molecule has 0 amide bonds. The Labute approximate surface area is 105 Å². The number of benzene rings is 1. The molecule has 0 saturated carbocycles. The van der Waals surface area contributed by atoms with Gasteiger partial charge in [0.2, 0.25) is 0 Å². The van der Waals surface area contributed by atoms with E-state index in [0.29, 0.717) is 5.92 Å². The molecule has 0 heterocycles. The van der Waals surface area contributed by atoms with Crippen LogP contribution < -0.4 is 0 Å². The average molecular weight is 237 g/mol. The zero-order valence-corrected chi connectivity index (χ0v) is 11.7. The Kier molecular flexibility index (Phi) is 5.36. The van der Waals surface area contributed by atoms with E-state index in [4.69, 9.17) is 0 Å². The van der Waals surface area contributed by atoms with Crippen molar-refractivity contribution in [3.63, 3.8) is 0 Å². The quantitative estimate of drug-likeness (QED) is 0.606. The van der Waals surface area contributed by atoms with E-state index in [9.17, 15) is 0 Å². The molecule has 90 valence electrons. The summed E-state index contributed by atoms with van der Waals surface area (Å²) in [6.45, 7) is 7.76. The van der Waals surface area contributed by atoms with E-state index in [1.165, 1.54) is 16.7 Å². The van der Waals surface area contributed by atoms with Gasteiger partial charge in [-0.1, -0.05) is 32.0 Å². The van der Waals surface area contributed by atoms with Gasteiger partial charge in [0, 0.05) is 12.4 Å². The molecule has 1 aromatic rings. The molecule has 0 bridgehead atoms. The van der Waals surface area contributed by atoms with E-state index < -0.39 is 0 Å². The van der Waals surface area contributed by atoms with Crippen LogP contribution in [-0.4, -0.2) is 24.4 Å². The van der Waals surface area contributed by atoms with Gasteiger partial charge in [0.05, 0.1) is 0 Å². The van der Waals surface area contributed by atoms with Crippen molar-refractivity contribution in [2.75, 3.05) is 19.5 Å². The third kappa shape index (κ3) is 3.84. The maximum Gasteiger partial charge on any atom is 0.0411 e. The maximum absolute atomic E-state index is 4.27. The number of rotatable bonds is 5. The SMILES string of the molecule is Cc1ccc(C(C)C)cc1CCN(C)CS. The first-order chi connectivity index (χ1) is 7.54. The lowest BCUT2D eigenvalue weighted by Crippen LogP contribution is -2.19. The van der Waals surface area contributed by atoms with E-state index in [0.717, 1.165) is 18.8 Å². The highest BCUT2D eigenvalue weighted by molar-refractivity contribution is 7.80. The molecule has 1 aromatic carbocycles. The van der Waals surface area contributed by atoms with Gasteiger partial charge in [-0.2, -0.15) is 12.6 Å². The Morgan fingerprint density at radius 1 is 1.31 bits per heavy atom. The van der Waals surface area contributed by atoms with Crippen LogP contribution in [0.1, 0.15) is 36.5 Å². The molecular formula is C14H23NS.